The van der Waals surface area contributed by atoms with Crippen LogP contribution in [0.3, 0.4) is 0 Å². The van der Waals surface area contributed by atoms with Crippen molar-refractivity contribution in [3.63, 3.8) is 0 Å². The van der Waals surface area contributed by atoms with Gasteiger partial charge >= 0.3 is 0 Å². The molecule has 0 spiro atoms. The molecule has 4 aliphatic carbocycles. The van der Waals surface area contributed by atoms with Crippen LogP contribution >= 0.6 is 12.6 Å². The van der Waals surface area contributed by atoms with Gasteiger partial charge in [0, 0.05) is 23.2 Å². The summed E-state index contributed by atoms with van der Waals surface area (Å²) in [6.45, 7) is 4.37. The Bertz CT molecular complexity index is 594. The number of hydrogen-bond acceptors (Lipinski definition) is 3. The molecule has 1 unspecified atom stereocenters. The number of fused-ring (bicyclic) bond motifs is 5. The molecule has 0 radical (unpaired) electrons. The van der Waals surface area contributed by atoms with Gasteiger partial charge < -0.3 is 0 Å². The molecule has 4 rings (SSSR count). The Balaban J connectivity index is 1.73. The van der Waals surface area contributed by atoms with Crippen molar-refractivity contribution in [1.82, 2.24) is 0 Å². The molecule has 0 aromatic carbocycles. The SMILES string of the molecule is CC1C[C@H]2[C@@H]3CCC4=CC(=O)CC[C@]4(CS)[C@@H]3CC[C@]2(C)C1=O. The van der Waals surface area contributed by atoms with Gasteiger partial charge in [0.1, 0.15) is 5.78 Å². The van der Waals surface area contributed by atoms with E-state index in [1.807, 2.05) is 6.08 Å². The molecule has 0 amide bonds. The van der Waals surface area contributed by atoms with Crippen molar-refractivity contribution in [2.45, 2.75) is 58.8 Å². The fraction of sp³-hybridized carbons (Fsp3) is 0.800. The van der Waals surface area contributed by atoms with Crippen molar-refractivity contribution in [3.05, 3.63) is 11.6 Å². The molecule has 2 nitrogen and oxygen atoms in total. The monoisotopic (exact) mass is 332 g/mol. The zero-order valence-corrected chi connectivity index (χ0v) is 15.2. The minimum Gasteiger partial charge on any atom is -0.299 e. The molecule has 0 aliphatic heterocycles. The van der Waals surface area contributed by atoms with E-state index in [0.29, 0.717) is 35.7 Å². The molecular formula is C20H28O2S. The van der Waals surface area contributed by atoms with E-state index in [1.165, 1.54) is 12.0 Å². The van der Waals surface area contributed by atoms with Crippen molar-refractivity contribution >= 4 is 24.2 Å². The highest BCUT2D eigenvalue weighted by molar-refractivity contribution is 7.80. The number of carbonyl (C=O) groups is 2. The minimum absolute atomic E-state index is 0.0793. The lowest BCUT2D eigenvalue weighted by Crippen LogP contribution is -2.52. The van der Waals surface area contributed by atoms with Gasteiger partial charge in [-0.3, -0.25) is 9.59 Å². The average molecular weight is 333 g/mol. The molecule has 23 heavy (non-hydrogen) atoms. The summed E-state index contributed by atoms with van der Waals surface area (Å²) >= 11 is 4.76. The maximum absolute atomic E-state index is 12.7. The number of hydrogen-bond donors (Lipinski definition) is 1. The third-order valence-electron chi connectivity index (χ3n) is 7.98. The highest BCUT2D eigenvalue weighted by Gasteiger charge is 2.61. The average Bonchev–Trinajstić information content (AvgIpc) is 2.78. The Labute approximate surface area is 144 Å². The van der Waals surface area contributed by atoms with Crippen LogP contribution in [0.25, 0.3) is 0 Å². The number of ketones is 2. The van der Waals surface area contributed by atoms with E-state index >= 15 is 0 Å². The van der Waals surface area contributed by atoms with Gasteiger partial charge in [0.2, 0.25) is 0 Å². The first-order valence-electron chi connectivity index (χ1n) is 9.31. The Morgan fingerprint density at radius 3 is 2.70 bits per heavy atom. The second kappa shape index (κ2) is 5.21. The van der Waals surface area contributed by atoms with Gasteiger partial charge in [-0.15, -0.1) is 0 Å². The fourth-order valence-corrected chi connectivity index (χ4v) is 7.37. The summed E-state index contributed by atoms with van der Waals surface area (Å²) in [7, 11) is 0. The van der Waals surface area contributed by atoms with Gasteiger partial charge in [-0.1, -0.05) is 19.4 Å². The van der Waals surface area contributed by atoms with Crippen LogP contribution in [0.5, 0.6) is 0 Å². The van der Waals surface area contributed by atoms with E-state index in [1.54, 1.807) is 0 Å². The van der Waals surface area contributed by atoms with Crippen molar-refractivity contribution in [2.75, 3.05) is 5.75 Å². The number of carbonyl (C=O) groups excluding carboxylic acids is 2. The predicted octanol–water partition coefficient (Wildman–Crippen LogP) is 4.24. The number of allylic oxidation sites excluding steroid dienone is 1. The molecule has 3 heteroatoms. The lowest BCUT2D eigenvalue weighted by molar-refractivity contribution is -0.134. The standard InChI is InChI=1S/C20H28O2S/c1-12-9-17-15-4-3-13-10-14(21)5-8-20(13,11-23)16(15)6-7-19(17,2)18(12)22/h10,12,15-17,23H,3-9,11H2,1-2H3/t12?,15-,16-,17+,19+,20-/m1/s1. The maximum Gasteiger partial charge on any atom is 0.155 e. The van der Waals surface area contributed by atoms with E-state index in [-0.39, 0.29) is 16.7 Å². The Hall–Kier alpha value is -0.570. The molecule has 0 heterocycles. The van der Waals surface area contributed by atoms with Gasteiger partial charge in [0.15, 0.2) is 5.78 Å². The Morgan fingerprint density at radius 1 is 1.17 bits per heavy atom. The minimum atomic E-state index is -0.0793. The van der Waals surface area contributed by atoms with Crippen LogP contribution in [0.1, 0.15) is 58.8 Å². The molecule has 126 valence electrons. The van der Waals surface area contributed by atoms with Crippen molar-refractivity contribution in [2.24, 2.45) is 34.5 Å². The molecule has 4 aliphatic rings. The van der Waals surface area contributed by atoms with Crippen LogP contribution in [-0.4, -0.2) is 17.3 Å². The molecule has 0 aromatic heterocycles. The first kappa shape index (κ1) is 15.9. The van der Waals surface area contributed by atoms with Gasteiger partial charge in [0.25, 0.3) is 0 Å². The number of rotatable bonds is 1. The summed E-state index contributed by atoms with van der Waals surface area (Å²) in [6, 6.07) is 0. The molecule has 6 atom stereocenters. The molecule has 0 aromatic rings. The zero-order chi connectivity index (χ0) is 16.4. The highest BCUT2D eigenvalue weighted by atomic mass is 32.1. The number of Topliss-reactive ketones (excluding diaryl/α,β-unsaturated/α-hetero) is 1. The molecule has 0 bridgehead atoms. The second-order valence-corrected chi connectivity index (χ2v) is 9.14. The highest BCUT2D eigenvalue weighted by Crippen LogP contribution is 2.65. The Morgan fingerprint density at radius 2 is 1.96 bits per heavy atom. The smallest absolute Gasteiger partial charge is 0.155 e. The van der Waals surface area contributed by atoms with E-state index < -0.39 is 0 Å². The third kappa shape index (κ3) is 2.01. The van der Waals surface area contributed by atoms with Crippen LogP contribution in [0.4, 0.5) is 0 Å². The fourth-order valence-electron chi connectivity index (χ4n) is 6.77. The summed E-state index contributed by atoms with van der Waals surface area (Å²) in [5, 5.41) is 0. The Kier molecular flexibility index (Phi) is 3.61. The van der Waals surface area contributed by atoms with Crippen LogP contribution in [-0.2, 0) is 9.59 Å². The molecule has 3 fully saturated rings. The summed E-state index contributed by atoms with van der Waals surface area (Å²) in [5.41, 5.74) is 1.44. The van der Waals surface area contributed by atoms with Gasteiger partial charge in [-0.25, -0.2) is 0 Å². The molecule has 0 N–H and O–H groups in total. The van der Waals surface area contributed by atoms with E-state index in [9.17, 15) is 9.59 Å². The summed E-state index contributed by atoms with van der Waals surface area (Å²) in [5.74, 6) is 3.76. The molecule has 3 saturated carbocycles. The first-order valence-corrected chi connectivity index (χ1v) is 9.95. The molecule has 0 saturated heterocycles. The van der Waals surface area contributed by atoms with Crippen LogP contribution < -0.4 is 0 Å². The largest absolute Gasteiger partial charge is 0.299 e. The van der Waals surface area contributed by atoms with Crippen molar-refractivity contribution in [1.29, 1.82) is 0 Å². The quantitative estimate of drug-likeness (QED) is 0.729. The van der Waals surface area contributed by atoms with E-state index in [2.05, 4.69) is 13.8 Å². The van der Waals surface area contributed by atoms with Crippen molar-refractivity contribution < 1.29 is 9.59 Å². The summed E-state index contributed by atoms with van der Waals surface area (Å²) in [6.07, 6.45) is 9.09. The topological polar surface area (TPSA) is 34.1 Å². The summed E-state index contributed by atoms with van der Waals surface area (Å²) < 4.78 is 0. The lowest BCUT2D eigenvalue weighted by atomic mass is 9.47. The normalized spacial score (nSPS) is 49.3. The van der Waals surface area contributed by atoms with Gasteiger partial charge in [-0.2, -0.15) is 12.6 Å². The number of thiol groups is 1. The predicted molar refractivity (Wildman–Crippen MR) is 94.4 cm³/mol. The maximum atomic E-state index is 12.7. The van der Waals surface area contributed by atoms with Gasteiger partial charge in [-0.05, 0) is 68.1 Å². The second-order valence-electron chi connectivity index (χ2n) is 8.82. The van der Waals surface area contributed by atoms with Crippen LogP contribution in [0, 0.1) is 34.5 Å². The van der Waals surface area contributed by atoms with Crippen molar-refractivity contribution in [3.8, 4) is 0 Å². The lowest BCUT2D eigenvalue weighted by Gasteiger charge is -2.57. The molecular weight excluding hydrogens is 304 g/mol. The third-order valence-corrected chi connectivity index (χ3v) is 8.54. The zero-order valence-electron chi connectivity index (χ0n) is 14.3. The van der Waals surface area contributed by atoms with Gasteiger partial charge in [0.05, 0.1) is 0 Å². The van der Waals surface area contributed by atoms with Crippen LogP contribution in [0.2, 0.25) is 0 Å². The van der Waals surface area contributed by atoms with Crippen LogP contribution in [0.15, 0.2) is 11.6 Å². The van der Waals surface area contributed by atoms with E-state index in [4.69, 9.17) is 12.6 Å². The first-order chi connectivity index (χ1) is 10.9. The summed E-state index contributed by atoms with van der Waals surface area (Å²) in [4.78, 5) is 24.6. The van der Waals surface area contributed by atoms with E-state index in [0.717, 1.165) is 37.9 Å².